The van der Waals surface area contributed by atoms with Crippen molar-refractivity contribution in [2.75, 3.05) is 40.0 Å². The lowest BCUT2D eigenvalue weighted by Gasteiger charge is -2.41. The predicted octanol–water partition coefficient (Wildman–Crippen LogP) is 0.983. The number of carbonyl (C=O) groups excluding carboxylic acids is 2. The van der Waals surface area contributed by atoms with Crippen LogP contribution >= 0.6 is 22.6 Å². The van der Waals surface area contributed by atoms with Gasteiger partial charge in [0.15, 0.2) is 11.5 Å². The van der Waals surface area contributed by atoms with Gasteiger partial charge in [0.25, 0.3) is 0 Å². The van der Waals surface area contributed by atoms with Crippen LogP contribution in [0.5, 0.6) is 11.5 Å². The monoisotopic (exact) mass is 630 g/mol. The molecule has 2 fully saturated rings. The van der Waals surface area contributed by atoms with E-state index in [-0.39, 0.29) is 43.9 Å². The molecule has 1 aliphatic heterocycles. The normalized spacial score (nSPS) is 25.4. The second-order valence-electron chi connectivity index (χ2n) is 9.78. The molecule has 0 radical (unpaired) electrons. The van der Waals surface area contributed by atoms with Crippen molar-refractivity contribution in [1.29, 1.82) is 0 Å². The molecule has 0 bridgehead atoms. The van der Waals surface area contributed by atoms with Crippen molar-refractivity contribution in [3.05, 3.63) is 32.9 Å². The molecule has 11 heteroatoms. The van der Waals surface area contributed by atoms with Gasteiger partial charge in [-0.2, -0.15) is 0 Å². The van der Waals surface area contributed by atoms with E-state index in [0.29, 0.717) is 58.3 Å². The lowest BCUT2D eigenvalue weighted by Crippen LogP contribution is -2.56. The van der Waals surface area contributed by atoms with Crippen molar-refractivity contribution >= 4 is 34.4 Å². The number of ether oxygens (including phenoxy) is 3. The van der Waals surface area contributed by atoms with Crippen molar-refractivity contribution in [1.82, 2.24) is 10.2 Å². The predicted molar refractivity (Wildman–Crippen MR) is 142 cm³/mol. The fourth-order valence-corrected chi connectivity index (χ4v) is 5.62. The molecule has 10 nitrogen and oxygen atoms in total. The first kappa shape index (κ1) is 28.1. The molecule has 4 atom stereocenters. The van der Waals surface area contributed by atoms with Crippen LogP contribution in [0.4, 0.5) is 0 Å². The third-order valence-electron chi connectivity index (χ3n) is 7.05. The second kappa shape index (κ2) is 12.7. The van der Waals surface area contributed by atoms with Crippen LogP contribution < -0.4 is 14.8 Å². The van der Waals surface area contributed by atoms with Crippen molar-refractivity contribution in [2.45, 2.75) is 50.5 Å². The zero-order valence-electron chi connectivity index (χ0n) is 20.9. The van der Waals surface area contributed by atoms with Gasteiger partial charge in [-0.25, -0.2) is 0 Å². The Labute approximate surface area is 230 Å². The molecule has 1 saturated heterocycles. The summed E-state index contributed by atoms with van der Waals surface area (Å²) in [5.74, 6) is 0.431. The van der Waals surface area contributed by atoms with Gasteiger partial charge in [0.05, 0.1) is 42.5 Å². The molecule has 4 rings (SSSR count). The van der Waals surface area contributed by atoms with E-state index in [0.717, 1.165) is 12.8 Å². The molecule has 2 aliphatic carbocycles. The standard InChI is InChI=1S/C26H35IN2O8/c1-35-22-9-16(13-31)8-19(27)24(22)37-21-11-18(25(33)28-5-6-30)10-20(23(21)32)29(12-15-2-3-15)26(34)17-4-7-36-14-17/h8-9,11,15,17,20-21,23,30-32H,2-7,10,12-14H2,1H3,(H,28,33). The van der Waals surface area contributed by atoms with E-state index < -0.39 is 18.2 Å². The van der Waals surface area contributed by atoms with Gasteiger partial charge in [-0.1, -0.05) is 0 Å². The molecule has 0 spiro atoms. The van der Waals surface area contributed by atoms with Gasteiger partial charge in [0.1, 0.15) is 12.2 Å². The Morgan fingerprint density at radius 3 is 2.65 bits per heavy atom. The first-order valence-corrected chi connectivity index (χ1v) is 13.7. The van der Waals surface area contributed by atoms with Crippen LogP contribution in [-0.2, 0) is 20.9 Å². The topological polar surface area (TPSA) is 138 Å². The van der Waals surface area contributed by atoms with E-state index in [4.69, 9.17) is 14.2 Å². The minimum Gasteiger partial charge on any atom is -0.493 e. The lowest BCUT2D eigenvalue weighted by molar-refractivity contribution is -0.143. The SMILES string of the molecule is COc1cc(CO)cc(I)c1OC1C=C(C(=O)NCCO)CC(N(CC2CC2)C(=O)C2CCOC2)C1O. The molecule has 1 aromatic carbocycles. The van der Waals surface area contributed by atoms with Crippen LogP contribution in [0.1, 0.15) is 31.2 Å². The molecule has 3 aliphatic rings. The molecule has 4 N–H and O–H groups in total. The average molecular weight is 630 g/mol. The summed E-state index contributed by atoms with van der Waals surface area (Å²) >= 11 is 2.07. The summed E-state index contributed by atoms with van der Waals surface area (Å²) in [7, 11) is 1.49. The highest BCUT2D eigenvalue weighted by molar-refractivity contribution is 14.1. The van der Waals surface area contributed by atoms with E-state index in [1.807, 2.05) is 0 Å². The van der Waals surface area contributed by atoms with Gasteiger partial charge in [-0.3, -0.25) is 9.59 Å². The van der Waals surface area contributed by atoms with Gasteiger partial charge >= 0.3 is 0 Å². The number of nitrogens with one attached hydrogen (secondary N) is 1. The molecule has 37 heavy (non-hydrogen) atoms. The van der Waals surface area contributed by atoms with E-state index in [9.17, 15) is 24.9 Å². The summed E-state index contributed by atoms with van der Waals surface area (Å²) in [6.07, 6.45) is 2.40. The maximum Gasteiger partial charge on any atom is 0.247 e. The summed E-state index contributed by atoms with van der Waals surface area (Å²) in [4.78, 5) is 28.3. The molecule has 4 unspecified atom stereocenters. The number of methoxy groups -OCH3 is 1. The van der Waals surface area contributed by atoms with Gasteiger partial charge in [-0.15, -0.1) is 0 Å². The van der Waals surface area contributed by atoms with Crippen LogP contribution in [0.3, 0.4) is 0 Å². The van der Waals surface area contributed by atoms with Gasteiger partial charge in [0.2, 0.25) is 11.8 Å². The summed E-state index contributed by atoms with van der Waals surface area (Å²) < 4.78 is 17.9. The highest BCUT2D eigenvalue weighted by Gasteiger charge is 2.44. The van der Waals surface area contributed by atoms with Crippen molar-refractivity contribution in [3.63, 3.8) is 0 Å². The lowest BCUT2D eigenvalue weighted by atomic mass is 9.87. The largest absolute Gasteiger partial charge is 0.493 e. The van der Waals surface area contributed by atoms with Gasteiger partial charge in [-0.05, 0) is 71.5 Å². The minimum atomic E-state index is -1.10. The number of benzene rings is 1. The first-order chi connectivity index (χ1) is 17.9. The molecule has 1 saturated carbocycles. The van der Waals surface area contributed by atoms with E-state index in [2.05, 4.69) is 27.9 Å². The van der Waals surface area contributed by atoms with E-state index in [1.54, 1.807) is 23.1 Å². The number of halogens is 1. The Morgan fingerprint density at radius 1 is 1.24 bits per heavy atom. The second-order valence-corrected chi connectivity index (χ2v) is 10.9. The molecule has 204 valence electrons. The Kier molecular flexibility index (Phi) is 9.67. The van der Waals surface area contributed by atoms with E-state index in [1.165, 1.54) is 7.11 Å². The number of amides is 2. The number of hydrogen-bond donors (Lipinski definition) is 4. The highest BCUT2D eigenvalue weighted by Crippen LogP contribution is 2.38. The van der Waals surface area contributed by atoms with Crippen molar-refractivity contribution in [2.24, 2.45) is 11.8 Å². The maximum atomic E-state index is 13.6. The molecule has 1 heterocycles. The van der Waals surface area contributed by atoms with Crippen LogP contribution in [0.25, 0.3) is 0 Å². The summed E-state index contributed by atoms with van der Waals surface area (Å²) in [5.41, 5.74) is 1.03. The van der Waals surface area contributed by atoms with E-state index >= 15 is 0 Å². The summed E-state index contributed by atoms with van der Waals surface area (Å²) in [6, 6.07) is 2.75. The fraction of sp³-hybridized carbons (Fsp3) is 0.615. The zero-order valence-corrected chi connectivity index (χ0v) is 23.1. The maximum absolute atomic E-state index is 13.6. The third-order valence-corrected chi connectivity index (χ3v) is 7.86. The van der Waals surface area contributed by atoms with Gasteiger partial charge in [0, 0.05) is 31.7 Å². The zero-order chi connectivity index (χ0) is 26.5. The minimum absolute atomic E-state index is 0.0660. The number of rotatable bonds is 11. The van der Waals surface area contributed by atoms with Crippen LogP contribution in [0.2, 0.25) is 0 Å². The van der Waals surface area contributed by atoms with Crippen LogP contribution in [0, 0.1) is 15.4 Å². The number of aliphatic hydroxyl groups is 3. The highest BCUT2D eigenvalue weighted by atomic mass is 127. The number of carbonyl (C=O) groups is 2. The molecule has 2 amide bonds. The third kappa shape index (κ3) is 6.75. The van der Waals surface area contributed by atoms with Crippen LogP contribution in [-0.4, -0.2) is 90.3 Å². The summed E-state index contributed by atoms with van der Waals surface area (Å²) in [6.45, 7) is 1.12. The quantitative estimate of drug-likeness (QED) is 0.266. The molecular weight excluding hydrogens is 595 g/mol. The number of aliphatic hydroxyl groups excluding tert-OH is 3. The Morgan fingerprint density at radius 2 is 2.03 bits per heavy atom. The fourth-order valence-electron chi connectivity index (χ4n) is 4.83. The Bertz CT molecular complexity index is 1010. The van der Waals surface area contributed by atoms with Crippen molar-refractivity contribution < 1.29 is 39.1 Å². The smallest absolute Gasteiger partial charge is 0.247 e. The molecule has 1 aromatic rings. The number of hydrogen-bond acceptors (Lipinski definition) is 8. The Balaban J connectivity index is 1.67. The average Bonchev–Trinajstić information content (AvgIpc) is 3.56. The molecule has 0 aromatic heterocycles. The van der Waals surface area contributed by atoms with Crippen LogP contribution in [0.15, 0.2) is 23.8 Å². The van der Waals surface area contributed by atoms with Gasteiger partial charge < -0.3 is 39.7 Å². The Hall–Kier alpha value is -1.93. The van der Waals surface area contributed by atoms with Crippen molar-refractivity contribution in [3.8, 4) is 11.5 Å². The molecular formula is C26H35IN2O8. The first-order valence-electron chi connectivity index (χ1n) is 12.7. The number of nitrogens with zero attached hydrogens (tertiary/aromatic N) is 1. The summed E-state index contributed by atoms with van der Waals surface area (Å²) in [5, 5.41) is 33.0.